The van der Waals surface area contributed by atoms with E-state index in [0.717, 1.165) is 27.9 Å². The molecule has 0 saturated carbocycles. The molecule has 6 nitrogen and oxygen atoms in total. The number of H-pyrrole nitrogens is 2. The van der Waals surface area contributed by atoms with Crippen LogP contribution in [0.3, 0.4) is 0 Å². The molecule has 0 fully saturated rings. The Balaban J connectivity index is 1.38. The number of halogens is 1. The molecular formula is C19H16FN5O. The third kappa shape index (κ3) is 3.32. The van der Waals surface area contributed by atoms with Crippen molar-refractivity contribution in [1.82, 2.24) is 25.5 Å². The molecule has 130 valence electrons. The summed E-state index contributed by atoms with van der Waals surface area (Å²) in [4.78, 5) is 19.6. The Labute approximate surface area is 148 Å². The van der Waals surface area contributed by atoms with Gasteiger partial charge in [-0.1, -0.05) is 18.2 Å². The maximum Gasteiger partial charge on any atom is 0.226 e. The van der Waals surface area contributed by atoms with Crippen LogP contribution in [-0.4, -0.2) is 26.1 Å². The van der Waals surface area contributed by atoms with Gasteiger partial charge < -0.3 is 10.3 Å². The van der Waals surface area contributed by atoms with E-state index in [9.17, 15) is 9.18 Å². The fourth-order valence-electron chi connectivity index (χ4n) is 2.78. The van der Waals surface area contributed by atoms with E-state index in [0.29, 0.717) is 5.82 Å². The summed E-state index contributed by atoms with van der Waals surface area (Å²) in [5.74, 6) is 0.221. The van der Waals surface area contributed by atoms with Crippen molar-refractivity contribution in [1.29, 1.82) is 0 Å². The molecule has 2 aromatic carbocycles. The molecule has 0 aliphatic heterocycles. The second-order valence-corrected chi connectivity index (χ2v) is 5.92. The maximum absolute atomic E-state index is 13.0. The van der Waals surface area contributed by atoms with Crippen LogP contribution in [0.5, 0.6) is 0 Å². The van der Waals surface area contributed by atoms with E-state index in [-0.39, 0.29) is 24.7 Å². The van der Waals surface area contributed by atoms with Gasteiger partial charge >= 0.3 is 0 Å². The van der Waals surface area contributed by atoms with Gasteiger partial charge in [-0.3, -0.25) is 9.89 Å². The van der Waals surface area contributed by atoms with Gasteiger partial charge in [0.05, 0.1) is 36.1 Å². The number of carbonyl (C=O) groups excluding carboxylic acids is 1. The average Bonchev–Trinajstić information content (AvgIpc) is 3.28. The van der Waals surface area contributed by atoms with E-state index in [2.05, 4.69) is 25.5 Å². The molecule has 4 aromatic rings. The topological polar surface area (TPSA) is 86.5 Å². The molecule has 1 amide bonds. The number of amides is 1. The zero-order valence-electron chi connectivity index (χ0n) is 13.8. The number of benzene rings is 2. The van der Waals surface area contributed by atoms with Crippen molar-refractivity contribution in [2.24, 2.45) is 0 Å². The number of fused-ring (bicyclic) bond motifs is 1. The molecule has 0 aliphatic rings. The SMILES string of the molecule is O=C(Cc1[nH]nc2ccccc12)NCc1ncc(-c2ccc(F)cc2)[nH]1. The second kappa shape index (κ2) is 6.79. The molecule has 7 heteroatoms. The third-order valence-corrected chi connectivity index (χ3v) is 4.11. The second-order valence-electron chi connectivity index (χ2n) is 5.92. The smallest absolute Gasteiger partial charge is 0.226 e. The standard InChI is InChI=1S/C19H16FN5O/c20-13-7-5-12(6-8-13)17-10-21-18(23-17)11-22-19(26)9-16-14-3-1-2-4-15(14)24-25-16/h1-8,10H,9,11H2,(H,21,23)(H,22,26)(H,24,25). The fourth-order valence-corrected chi connectivity index (χ4v) is 2.78. The van der Waals surface area contributed by atoms with Gasteiger partial charge in [-0.05, 0) is 35.9 Å². The van der Waals surface area contributed by atoms with Crippen LogP contribution in [0.1, 0.15) is 11.5 Å². The first-order chi connectivity index (χ1) is 12.7. The molecule has 2 heterocycles. The van der Waals surface area contributed by atoms with Gasteiger partial charge in [0.15, 0.2) is 0 Å². The molecule has 0 radical (unpaired) electrons. The zero-order valence-corrected chi connectivity index (χ0v) is 13.8. The van der Waals surface area contributed by atoms with Gasteiger partial charge in [0.25, 0.3) is 0 Å². The molecule has 0 unspecified atom stereocenters. The van der Waals surface area contributed by atoms with Crippen molar-refractivity contribution in [2.45, 2.75) is 13.0 Å². The largest absolute Gasteiger partial charge is 0.349 e. The number of carbonyl (C=O) groups is 1. The Kier molecular flexibility index (Phi) is 4.18. The summed E-state index contributed by atoms with van der Waals surface area (Å²) in [6.07, 6.45) is 1.88. The van der Waals surface area contributed by atoms with Crippen molar-refractivity contribution >= 4 is 16.8 Å². The summed E-state index contributed by atoms with van der Waals surface area (Å²) >= 11 is 0. The first-order valence-corrected chi connectivity index (χ1v) is 8.17. The maximum atomic E-state index is 13.0. The van der Waals surface area contributed by atoms with Gasteiger partial charge in [-0.2, -0.15) is 5.10 Å². The number of para-hydroxylation sites is 1. The number of hydrogen-bond acceptors (Lipinski definition) is 3. The molecular weight excluding hydrogens is 333 g/mol. The third-order valence-electron chi connectivity index (χ3n) is 4.11. The molecule has 0 bridgehead atoms. The van der Waals surface area contributed by atoms with Crippen LogP contribution < -0.4 is 5.32 Å². The van der Waals surface area contributed by atoms with Gasteiger partial charge in [0.1, 0.15) is 11.6 Å². The van der Waals surface area contributed by atoms with Gasteiger partial charge in [0.2, 0.25) is 5.91 Å². The zero-order chi connectivity index (χ0) is 17.9. The van der Waals surface area contributed by atoms with E-state index in [1.165, 1.54) is 12.1 Å². The lowest BCUT2D eigenvalue weighted by atomic mass is 10.1. The molecule has 0 spiro atoms. The Morgan fingerprint density at radius 2 is 1.92 bits per heavy atom. The number of nitrogens with one attached hydrogen (secondary N) is 3. The molecule has 0 atom stereocenters. The molecule has 0 aliphatic carbocycles. The highest BCUT2D eigenvalue weighted by Crippen LogP contribution is 2.17. The molecule has 3 N–H and O–H groups in total. The minimum atomic E-state index is -0.285. The Bertz CT molecular complexity index is 1050. The van der Waals surface area contributed by atoms with E-state index >= 15 is 0 Å². The lowest BCUT2D eigenvalue weighted by molar-refractivity contribution is -0.120. The van der Waals surface area contributed by atoms with Crippen LogP contribution in [0.4, 0.5) is 4.39 Å². The van der Waals surface area contributed by atoms with E-state index in [1.807, 2.05) is 24.3 Å². The Morgan fingerprint density at radius 1 is 1.12 bits per heavy atom. The van der Waals surface area contributed by atoms with Crippen LogP contribution in [-0.2, 0) is 17.8 Å². The summed E-state index contributed by atoms with van der Waals surface area (Å²) in [5.41, 5.74) is 3.23. The van der Waals surface area contributed by atoms with Crippen molar-refractivity contribution in [3.63, 3.8) is 0 Å². The minimum Gasteiger partial charge on any atom is -0.349 e. The first kappa shape index (κ1) is 16.0. The highest BCUT2D eigenvalue weighted by atomic mass is 19.1. The molecule has 4 rings (SSSR count). The monoisotopic (exact) mass is 349 g/mol. The van der Waals surface area contributed by atoms with Gasteiger partial charge in [0, 0.05) is 5.39 Å². The quantitative estimate of drug-likeness (QED) is 0.518. The van der Waals surface area contributed by atoms with Gasteiger partial charge in [-0.15, -0.1) is 0 Å². The number of nitrogens with zero attached hydrogens (tertiary/aromatic N) is 2. The number of hydrogen-bond donors (Lipinski definition) is 3. The molecule has 0 saturated heterocycles. The Morgan fingerprint density at radius 3 is 2.77 bits per heavy atom. The Hall–Kier alpha value is -3.48. The highest BCUT2D eigenvalue weighted by molar-refractivity contribution is 5.87. The van der Waals surface area contributed by atoms with Crippen LogP contribution in [0.2, 0.25) is 0 Å². The molecule has 2 aromatic heterocycles. The van der Waals surface area contributed by atoms with Crippen LogP contribution >= 0.6 is 0 Å². The van der Waals surface area contributed by atoms with Crippen LogP contribution in [0, 0.1) is 5.82 Å². The number of aromatic amines is 2. The van der Waals surface area contributed by atoms with E-state index < -0.39 is 0 Å². The van der Waals surface area contributed by atoms with Crippen molar-refractivity contribution < 1.29 is 9.18 Å². The predicted molar refractivity (Wildman–Crippen MR) is 95.6 cm³/mol. The van der Waals surface area contributed by atoms with Gasteiger partial charge in [-0.25, -0.2) is 9.37 Å². The van der Waals surface area contributed by atoms with E-state index in [4.69, 9.17) is 0 Å². The number of aromatic nitrogens is 4. The fraction of sp³-hybridized carbons (Fsp3) is 0.105. The minimum absolute atomic E-state index is 0.126. The summed E-state index contributed by atoms with van der Waals surface area (Å²) in [6.45, 7) is 0.284. The van der Waals surface area contributed by atoms with Crippen LogP contribution in [0.25, 0.3) is 22.2 Å². The molecule has 26 heavy (non-hydrogen) atoms. The normalized spacial score (nSPS) is 11.0. The highest BCUT2D eigenvalue weighted by Gasteiger charge is 2.10. The average molecular weight is 349 g/mol. The lowest BCUT2D eigenvalue weighted by Gasteiger charge is -2.03. The van der Waals surface area contributed by atoms with Crippen LogP contribution in [0.15, 0.2) is 54.7 Å². The summed E-state index contributed by atoms with van der Waals surface area (Å²) in [7, 11) is 0. The number of imidazole rings is 1. The van der Waals surface area contributed by atoms with Crippen molar-refractivity contribution in [3.8, 4) is 11.3 Å². The summed E-state index contributed by atoms with van der Waals surface area (Å²) < 4.78 is 13.0. The summed E-state index contributed by atoms with van der Waals surface area (Å²) in [5, 5.41) is 10.9. The first-order valence-electron chi connectivity index (χ1n) is 8.17. The van der Waals surface area contributed by atoms with Crippen molar-refractivity contribution in [3.05, 3.63) is 72.1 Å². The van der Waals surface area contributed by atoms with Crippen molar-refractivity contribution in [2.75, 3.05) is 0 Å². The predicted octanol–water partition coefficient (Wildman–Crippen LogP) is 2.95. The lowest BCUT2D eigenvalue weighted by Crippen LogP contribution is -2.25. The summed E-state index contributed by atoms with van der Waals surface area (Å²) in [6, 6.07) is 13.8. The number of rotatable bonds is 5. The van der Waals surface area contributed by atoms with E-state index in [1.54, 1.807) is 18.3 Å².